The first-order valence-electron chi connectivity index (χ1n) is 7.75. The van der Waals surface area contributed by atoms with Crippen molar-refractivity contribution >= 4 is 28.8 Å². The number of nitrogens with one attached hydrogen (secondary N) is 2. The minimum Gasteiger partial charge on any atom is -0.349 e. The molecule has 0 aliphatic heterocycles. The van der Waals surface area contributed by atoms with E-state index in [1.54, 1.807) is 19.9 Å². The van der Waals surface area contributed by atoms with Crippen molar-refractivity contribution in [2.75, 3.05) is 5.32 Å². The zero-order valence-electron chi connectivity index (χ0n) is 13.5. The monoisotopic (exact) mass is 347 g/mol. The van der Waals surface area contributed by atoms with Gasteiger partial charge in [0.25, 0.3) is 5.91 Å². The van der Waals surface area contributed by atoms with Crippen LogP contribution in [0.3, 0.4) is 0 Å². The molecular formula is C17H18FN3O2S. The number of thiazole rings is 1. The third kappa shape index (κ3) is 3.97. The van der Waals surface area contributed by atoms with Crippen LogP contribution < -0.4 is 10.6 Å². The van der Waals surface area contributed by atoms with Crippen molar-refractivity contribution in [1.29, 1.82) is 0 Å². The summed E-state index contributed by atoms with van der Waals surface area (Å²) >= 11 is 1.24. The van der Waals surface area contributed by atoms with E-state index in [4.69, 9.17) is 0 Å². The van der Waals surface area contributed by atoms with E-state index in [1.165, 1.54) is 23.5 Å². The second-order valence-corrected chi connectivity index (χ2v) is 7.04. The molecule has 0 radical (unpaired) electrons. The fraction of sp³-hybridized carbons (Fsp3) is 0.353. The van der Waals surface area contributed by atoms with Crippen molar-refractivity contribution in [2.45, 2.75) is 39.2 Å². The van der Waals surface area contributed by atoms with Crippen LogP contribution in [0.25, 0.3) is 0 Å². The molecule has 7 heteroatoms. The number of halogens is 1. The van der Waals surface area contributed by atoms with Crippen molar-refractivity contribution < 1.29 is 14.0 Å². The predicted molar refractivity (Wildman–Crippen MR) is 90.8 cm³/mol. The molecule has 0 spiro atoms. The summed E-state index contributed by atoms with van der Waals surface area (Å²) in [7, 11) is 0. The van der Waals surface area contributed by atoms with E-state index in [0.717, 1.165) is 12.8 Å². The Kier molecular flexibility index (Phi) is 4.62. The molecule has 3 rings (SSSR count). The maximum absolute atomic E-state index is 13.2. The first kappa shape index (κ1) is 16.6. The standard InChI is InChI=1S/C17H18FN3O2S/c1-9-7-12(5-6-13(9)18)20-14(22)8-15-19-10(2)16(24-15)17(23)21-11-3-4-11/h5-7,11H,3-4,8H2,1-2H3,(H,20,22)(H,21,23). The summed E-state index contributed by atoms with van der Waals surface area (Å²) in [5.41, 5.74) is 1.65. The molecule has 2 N–H and O–H groups in total. The van der Waals surface area contributed by atoms with Crippen LogP contribution in [0, 0.1) is 19.7 Å². The van der Waals surface area contributed by atoms with Crippen LogP contribution in [0.15, 0.2) is 18.2 Å². The van der Waals surface area contributed by atoms with E-state index < -0.39 is 0 Å². The van der Waals surface area contributed by atoms with E-state index in [-0.39, 0.29) is 30.1 Å². The number of hydrogen-bond donors (Lipinski definition) is 2. The van der Waals surface area contributed by atoms with E-state index in [0.29, 0.717) is 26.8 Å². The molecule has 1 fully saturated rings. The number of benzene rings is 1. The average molecular weight is 347 g/mol. The highest BCUT2D eigenvalue weighted by Crippen LogP contribution is 2.23. The number of anilines is 1. The first-order valence-corrected chi connectivity index (χ1v) is 8.57. The van der Waals surface area contributed by atoms with Gasteiger partial charge in [0.15, 0.2) is 0 Å². The van der Waals surface area contributed by atoms with Crippen molar-refractivity contribution in [3.63, 3.8) is 0 Å². The van der Waals surface area contributed by atoms with Gasteiger partial charge in [-0.1, -0.05) is 0 Å². The molecule has 1 aromatic heterocycles. The Morgan fingerprint density at radius 2 is 2.08 bits per heavy atom. The van der Waals surface area contributed by atoms with Gasteiger partial charge < -0.3 is 10.6 Å². The van der Waals surface area contributed by atoms with Crippen LogP contribution in [0.2, 0.25) is 0 Å². The number of carbonyl (C=O) groups is 2. The van der Waals surface area contributed by atoms with Gasteiger partial charge in [-0.15, -0.1) is 11.3 Å². The Hall–Kier alpha value is -2.28. The second kappa shape index (κ2) is 6.68. The van der Waals surface area contributed by atoms with Crippen LogP contribution in [-0.4, -0.2) is 22.8 Å². The van der Waals surface area contributed by atoms with Crippen LogP contribution >= 0.6 is 11.3 Å². The normalized spacial score (nSPS) is 13.6. The maximum Gasteiger partial charge on any atom is 0.263 e. The van der Waals surface area contributed by atoms with Crippen LogP contribution in [-0.2, 0) is 11.2 Å². The third-order valence-corrected chi connectivity index (χ3v) is 4.87. The Morgan fingerprint density at radius 3 is 2.75 bits per heavy atom. The van der Waals surface area contributed by atoms with Gasteiger partial charge in [-0.3, -0.25) is 9.59 Å². The summed E-state index contributed by atoms with van der Waals surface area (Å²) in [6.07, 6.45) is 2.13. The van der Waals surface area contributed by atoms with Crippen LogP contribution in [0.1, 0.15) is 38.8 Å². The molecular weight excluding hydrogens is 329 g/mol. The Morgan fingerprint density at radius 1 is 1.33 bits per heavy atom. The van der Waals surface area contributed by atoms with E-state index in [9.17, 15) is 14.0 Å². The minimum atomic E-state index is -0.310. The molecule has 2 amide bonds. The van der Waals surface area contributed by atoms with Crippen molar-refractivity contribution in [3.05, 3.63) is 45.2 Å². The summed E-state index contributed by atoms with van der Waals surface area (Å²) in [6.45, 7) is 3.41. The van der Waals surface area contributed by atoms with Crippen molar-refractivity contribution in [2.24, 2.45) is 0 Å². The number of aromatic nitrogens is 1. The fourth-order valence-electron chi connectivity index (χ4n) is 2.28. The van der Waals surface area contributed by atoms with Gasteiger partial charge in [0.1, 0.15) is 15.7 Å². The molecule has 2 aromatic rings. The van der Waals surface area contributed by atoms with Crippen molar-refractivity contribution in [1.82, 2.24) is 10.3 Å². The number of aryl methyl sites for hydroxylation is 2. The second-order valence-electron chi connectivity index (χ2n) is 5.96. The average Bonchev–Trinajstić information content (AvgIpc) is 3.24. The topological polar surface area (TPSA) is 71.1 Å². The summed E-state index contributed by atoms with van der Waals surface area (Å²) in [5.74, 6) is -0.674. The lowest BCUT2D eigenvalue weighted by atomic mass is 10.2. The molecule has 126 valence electrons. The summed E-state index contributed by atoms with van der Waals surface area (Å²) in [6, 6.07) is 4.70. The van der Waals surface area contributed by atoms with Gasteiger partial charge in [-0.2, -0.15) is 0 Å². The molecule has 1 heterocycles. The molecule has 0 atom stereocenters. The molecule has 1 saturated carbocycles. The van der Waals surface area contributed by atoms with Crippen molar-refractivity contribution in [3.8, 4) is 0 Å². The van der Waals surface area contributed by atoms with Gasteiger partial charge in [0, 0.05) is 11.7 Å². The SMILES string of the molecule is Cc1cc(NC(=O)Cc2nc(C)c(C(=O)NC3CC3)s2)ccc1F. The van der Waals surface area contributed by atoms with E-state index in [1.807, 2.05) is 0 Å². The molecule has 5 nitrogen and oxygen atoms in total. The molecule has 1 aliphatic rings. The largest absolute Gasteiger partial charge is 0.349 e. The lowest BCUT2D eigenvalue weighted by Gasteiger charge is -2.05. The number of rotatable bonds is 5. The van der Waals surface area contributed by atoms with Gasteiger partial charge in [-0.05, 0) is 50.5 Å². The van der Waals surface area contributed by atoms with E-state index >= 15 is 0 Å². The third-order valence-electron chi connectivity index (χ3n) is 3.71. The highest BCUT2D eigenvalue weighted by Gasteiger charge is 2.26. The van der Waals surface area contributed by atoms with Gasteiger partial charge in [0.05, 0.1) is 12.1 Å². The highest BCUT2D eigenvalue weighted by atomic mass is 32.1. The number of amides is 2. The predicted octanol–water partition coefficient (Wildman–Crippen LogP) is 2.97. The maximum atomic E-state index is 13.2. The minimum absolute atomic E-state index is 0.0820. The molecule has 0 saturated heterocycles. The first-order chi connectivity index (χ1) is 11.4. The Bertz CT molecular complexity index is 799. The summed E-state index contributed by atoms with van der Waals surface area (Å²) in [4.78, 5) is 29.1. The molecule has 0 bridgehead atoms. The molecule has 24 heavy (non-hydrogen) atoms. The lowest BCUT2D eigenvalue weighted by molar-refractivity contribution is -0.115. The van der Waals surface area contributed by atoms with Crippen LogP contribution in [0.4, 0.5) is 10.1 Å². The number of carbonyl (C=O) groups excluding carboxylic acids is 2. The Balaban J connectivity index is 1.63. The quantitative estimate of drug-likeness (QED) is 0.873. The number of hydrogen-bond acceptors (Lipinski definition) is 4. The van der Waals surface area contributed by atoms with E-state index in [2.05, 4.69) is 15.6 Å². The lowest BCUT2D eigenvalue weighted by Crippen LogP contribution is -2.25. The smallest absolute Gasteiger partial charge is 0.263 e. The number of nitrogens with zero attached hydrogens (tertiary/aromatic N) is 1. The zero-order valence-corrected chi connectivity index (χ0v) is 14.3. The molecule has 1 aliphatic carbocycles. The molecule has 1 aromatic carbocycles. The summed E-state index contributed by atoms with van der Waals surface area (Å²) in [5, 5.41) is 6.23. The van der Waals surface area contributed by atoms with Gasteiger partial charge in [0.2, 0.25) is 5.91 Å². The van der Waals surface area contributed by atoms with Crippen LogP contribution in [0.5, 0.6) is 0 Å². The summed E-state index contributed by atoms with van der Waals surface area (Å²) < 4.78 is 13.2. The van der Waals surface area contributed by atoms with Gasteiger partial charge in [-0.25, -0.2) is 9.37 Å². The van der Waals surface area contributed by atoms with Gasteiger partial charge >= 0.3 is 0 Å². The fourth-order valence-corrected chi connectivity index (χ4v) is 3.25. The highest BCUT2D eigenvalue weighted by molar-refractivity contribution is 7.13. The Labute approximate surface area is 143 Å². The zero-order chi connectivity index (χ0) is 17.3. The molecule has 0 unspecified atom stereocenters.